The van der Waals surface area contributed by atoms with E-state index in [1.807, 2.05) is 6.07 Å². The van der Waals surface area contributed by atoms with Gasteiger partial charge in [0.25, 0.3) is 0 Å². The third-order valence-electron chi connectivity index (χ3n) is 3.19. The standard InChI is InChI=1S/C15H20N2O4S/c1-9(2)21-15(18)17-12-7-10(20-4)5-6-11(12)16-14(22)13(17)8-19-3/h5-7,9,13H,8H2,1-4H3,(H,16,22)/t13-/m0/s1. The summed E-state index contributed by atoms with van der Waals surface area (Å²) >= 11 is 5.37. The summed E-state index contributed by atoms with van der Waals surface area (Å²) in [6, 6.07) is 4.97. The fourth-order valence-electron chi connectivity index (χ4n) is 2.24. The zero-order valence-corrected chi connectivity index (χ0v) is 13.9. The molecule has 0 fully saturated rings. The van der Waals surface area contributed by atoms with Crippen molar-refractivity contribution < 1.29 is 19.0 Å². The van der Waals surface area contributed by atoms with E-state index in [9.17, 15) is 4.79 Å². The van der Waals surface area contributed by atoms with Gasteiger partial charge in [-0.05, 0) is 26.0 Å². The van der Waals surface area contributed by atoms with E-state index in [0.29, 0.717) is 16.4 Å². The van der Waals surface area contributed by atoms with Crippen LogP contribution in [0.3, 0.4) is 0 Å². The Morgan fingerprint density at radius 2 is 2.14 bits per heavy atom. The van der Waals surface area contributed by atoms with E-state index < -0.39 is 12.1 Å². The van der Waals surface area contributed by atoms with E-state index in [0.717, 1.165) is 5.69 Å². The van der Waals surface area contributed by atoms with Gasteiger partial charge >= 0.3 is 6.09 Å². The SMILES string of the molecule is COC[C@H]1C(=S)Nc2ccc(OC)cc2N1C(=O)OC(C)C. The average Bonchev–Trinajstić information content (AvgIpc) is 2.46. The van der Waals surface area contributed by atoms with Gasteiger partial charge in [-0.15, -0.1) is 0 Å². The lowest BCUT2D eigenvalue weighted by atomic mass is 10.1. The number of fused-ring (bicyclic) bond motifs is 1. The van der Waals surface area contributed by atoms with E-state index in [4.69, 9.17) is 26.4 Å². The number of rotatable bonds is 4. The van der Waals surface area contributed by atoms with Crippen LogP contribution in [0.4, 0.5) is 16.2 Å². The summed E-state index contributed by atoms with van der Waals surface area (Å²) in [5.41, 5.74) is 1.39. The molecule has 0 bridgehead atoms. The van der Waals surface area contributed by atoms with E-state index in [1.165, 1.54) is 4.90 Å². The second kappa shape index (κ2) is 6.93. The molecule has 0 saturated carbocycles. The van der Waals surface area contributed by atoms with E-state index in [2.05, 4.69) is 5.32 Å². The van der Waals surface area contributed by atoms with Crippen LogP contribution >= 0.6 is 12.2 Å². The van der Waals surface area contributed by atoms with Crippen molar-refractivity contribution in [3.8, 4) is 5.75 Å². The summed E-state index contributed by atoms with van der Waals surface area (Å²) < 4.78 is 15.8. The van der Waals surface area contributed by atoms with Gasteiger partial charge in [-0.3, -0.25) is 4.90 Å². The maximum atomic E-state index is 12.5. The number of thiocarbonyl (C=S) groups is 1. The van der Waals surface area contributed by atoms with Crippen LogP contribution in [0.15, 0.2) is 18.2 Å². The normalized spacial score (nSPS) is 17.0. The number of hydrogen-bond donors (Lipinski definition) is 1. The summed E-state index contributed by atoms with van der Waals surface area (Å²) in [4.78, 5) is 14.5. The zero-order valence-electron chi connectivity index (χ0n) is 13.1. The van der Waals surface area contributed by atoms with Crippen molar-refractivity contribution in [2.45, 2.75) is 26.0 Å². The first-order chi connectivity index (χ1) is 10.5. The maximum absolute atomic E-state index is 12.5. The highest BCUT2D eigenvalue weighted by Crippen LogP contribution is 2.36. The van der Waals surface area contributed by atoms with Crippen molar-refractivity contribution in [2.75, 3.05) is 31.0 Å². The van der Waals surface area contributed by atoms with Crippen LogP contribution in [0.25, 0.3) is 0 Å². The second-order valence-electron chi connectivity index (χ2n) is 5.15. The van der Waals surface area contributed by atoms with Crippen molar-refractivity contribution in [1.82, 2.24) is 0 Å². The Balaban J connectivity index is 2.47. The highest BCUT2D eigenvalue weighted by molar-refractivity contribution is 7.80. The topological polar surface area (TPSA) is 60.0 Å². The fraction of sp³-hybridized carbons (Fsp3) is 0.467. The molecule has 0 spiro atoms. The third kappa shape index (κ3) is 3.31. The number of ether oxygens (including phenoxy) is 3. The smallest absolute Gasteiger partial charge is 0.415 e. The van der Waals surface area contributed by atoms with Crippen molar-refractivity contribution in [3.05, 3.63) is 18.2 Å². The number of methoxy groups -OCH3 is 2. The Labute approximate surface area is 135 Å². The average molecular weight is 324 g/mol. The molecule has 6 nitrogen and oxygen atoms in total. The van der Waals surface area contributed by atoms with Crippen molar-refractivity contribution in [3.63, 3.8) is 0 Å². The highest BCUT2D eigenvalue weighted by Gasteiger charge is 2.36. The molecule has 7 heteroatoms. The van der Waals surface area contributed by atoms with Gasteiger partial charge in [-0.2, -0.15) is 0 Å². The van der Waals surface area contributed by atoms with Crippen LogP contribution in [-0.2, 0) is 9.47 Å². The van der Waals surface area contributed by atoms with Crippen LogP contribution in [0.1, 0.15) is 13.8 Å². The lowest BCUT2D eigenvalue weighted by Crippen LogP contribution is -2.53. The zero-order chi connectivity index (χ0) is 16.3. The quantitative estimate of drug-likeness (QED) is 0.860. The van der Waals surface area contributed by atoms with Crippen LogP contribution in [0, 0.1) is 0 Å². The van der Waals surface area contributed by atoms with Crippen LogP contribution in [0.2, 0.25) is 0 Å². The largest absolute Gasteiger partial charge is 0.497 e. The molecule has 1 atom stereocenters. The lowest BCUT2D eigenvalue weighted by molar-refractivity contribution is 0.117. The number of carbonyl (C=O) groups excluding carboxylic acids is 1. The number of hydrogen-bond acceptors (Lipinski definition) is 5. The number of anilines is 2. The van der Waals surface area contributed by atoms with Gasteiger partial charge < -0.3 is 19.5 Å². The lowest BCUT2D eigenvalue weighted by Gasteiger charge is -2.37. The van der Waals surface area contributed by atoms with E-state index >= 15 is 0 Å². The summed E-state index contributed by atoms with van der Waals surface area (Å²) in [7, 11) is 3.14. The first-order valence-electron chi connectivity index (χ1n) is 6.95. The van der Waals surface area contributed by atoms with Crippen molar-refractivity contribution >= 4 is 34.7 Å². The molecule has 1 aliphatic rings. The van der Waals surface area contributed by atoms with Gasteiger partial charge in [0.15, 0.2) is 0 Å². The molecule has 0 saturated heterocycles. The molecule has 1 aromatic carbocycles. The molecule has 1 heterocycles. The van der Waals surface area contributed by atoms with Gasteiger partial charge in [-0.1, -0.05) is 12.2 Å². The van der Waals surface area contributed by atoms with Crippen LogP contribution in [-0.4, -0.2) is 44.1 Å². The number of nitrogens with one attached hydrogen (secondary N) is 1. The van der Waals surface area contributed by atoms with Gasteiger partial charge in [0.2, 0.25) is 0 Å². The van der Waals surface area contributed by atoms with E-state index in [1.54, 1.807) is 40.2 Å². The Kier molecular flexibility index (Phi) is 5.20. The minimum absolute atomic E-state index is 0.229. The number of carbonyl (C=O) groups is 1. The van der Waals surface area contributed by atoms with Gasteiger partial charge in [-0.25, -0.2) is 4.79 Å². The molecule has 0 radical (unpaired) electrons. The number of amides is 1. The molecule has 0 unspecified atom stereocenters. The van der Waals surface area contributed by atoms with Crippen molar-refractivity contribution in [2.24, 2.45) is 0 Å². The van der Waals surface area contributed by atoms with Gasteiger partial charge in [0.05, 0.1) is 31.2 Å². The molecule has 2 rings (SSSR count). The molecular weight excluding hydrogens is 304 g/mol. The van der Waals surface area contributed by atoms with Crippen LogP contribution < -0.4 is 15.0 Å². The van der Waals surface area contributed by atoms with Gasteiger partial charge in [0, 0.05) is 13.2 Å². The Hall–Kier alpha value is -1.86. The Bertz CT molecular complexity index is 577. The molecule has 0 aromatic heterocycles. The first kappa shape index (κ1) is 16.5. The first-order valence-corrected chi connectivity index (χ1v) is 7.36. The summed E-state index contributed by atoms with van der Waals surface area (Å²) in [6.07, 6.45) is -0.691. The monoisotopic (exact) mass is 324 g/mol. The molecule has 1 aliphatic heterocycles. The molecule has 0 aliphatic carbocycles. The number of nitrogens with zero attached hydrogens (tertiary/aromatic N) is 1. The fourth-order valence-corrected chi connectivity index (χ4v) is 2.52. The number of benzene rings is 1. The Morgan fingerprint density at radius 1 is 1.41 bits per heavy atom. The molecule has 1 amide bonds. The third-order valence-corrected chi connectivity index (χ3v) is 3.57. The summed E-state index contributed by atoms with van der Waals surface area (Å²) in [5, 5.41) is 3.13. The summed E-state index contributed by atoms with van der Waals surface area (Å²) in [5.74, 6) is 0.645. The van der Waals surface area contributed by atoms with Crippen LogP contribution in [0.5, 0.6) is 5.75 Å². The molecule has 1 aromatic rings. The predicted octanol–water partition coefficient (Wildman–Crippen LogP) is 2.81. The highest BCUT2D eigenvalue weighted by atomic mass is 32.1. The molecule has 22 heavy (non-hydrogen) atoms. The molecule has 1 N–H and O–H groups in total. The Morgan fingerprint density at radius 3 is 2.73 bits per heavy atom. The second-order valence-corrected chi connectivity index (χ2v) is 5.59. The molecular formula is C15H20N2O4S. The van der Waals surface area contributed by atoms with E-state index in [-0.39, 0.29) is 12.7 Å². The minimum atomic E-state index is -0.463. The summed E-state index contributed by atoms with van der Waals surface area (Å²) in [6.45, 7) is 3.88. The molecule has 120 valence electrons. The van der Waals surface area contributed by atoms with Crippen molar-refractivity contribution in [1.29, 1.82) is 0 Å². The minimum Gasteiger partial charge on any atom is -0.497 e. The maximum Gasteiger partial charge on any atom is 0.415 e. The van der Waals surface area contributed by atoms with Gasteiger partial charge in [0.1, 0.15) is 16.8 Å². The predicted molar refractivity (Wildman–Crippen MR) is 89.0 cm³/mol.